The normalized spacial score (nSPS) is 10.6. The van der Waals surface area contributed by atoms with Crippen LogP contribution < -0.4 is 10.5 Å². The molecule has 16 heavy (non-hydrogen) atoms. The van der Waals surface area contributed by atoms with Gasteiger partial charge in [-0.2, -0.15) is 0 Å². The third-order valence-corrected chi connectivity index (χ3v) is 2.60. The third-order valence-electron chi connectivity index (χ3n) is 2.60. The molecule has 0 aliphatic rings. The van der Waals surface area contributed by atoms with Gasteiger partial charge in [0.2, 0.25) is 0 Å². The molecule has 1 aromatic carbocycles. The van der Waals surface area contributed by atoms with Gasteiger partial charge in [0, 0.05) is 30.1 Å². The number of nitrogens with one attached hydrogen (secondary N) is 1. The number of methoxy groups -OCH3 is 1. The lowest BCUT2D eigenvalue weighted by molar-refractivity contribution is 0.415. The zero-order valence-corrected chi connectivity index (χ0v) is 9.23. The highest BCUT2D eigenvalue weighted by molar-refractivity contribution is 5.82. The Morgan fingerprint density at radius 2 is 2.25 bits per heavy atom. The molecule has 0 spiro atoms. The van der Waals surface area contributed by atoms with Gasteiger partial charge in [-0.3, -0.25) is 5.41 Å². The Balaban J connectivity index is 2.30. The molecule has 0 aliphatic heterocycles. The second-order valence-corrected chi connectivity index (χ2v) is 3.71. The number of benzene rings is 1. The molecule has 1 heterocycles. The average molecular weight is 217 g/mol. The Morgan fingerprint density at radius 3 is 2.94 bits per heavy atom. The minimum absolute atomic E-state index is 0.218. The summed E-state index contributed by atoms with van der Waals surface area (Å²) in [7, 11) is 1.66. The number of aryl methyl sites for hydroxylation is 1. The molecule has 0 atom stereocenters. The summed E-state index contributed by atoms with van der Waals surface area (Å²) >= 11 is 0. The molecule has 0 aliphatic carbocycles. The lowest BCUT2D eigenvalue weighted by atomic mass is 10.2. The second-order valence-electron chi connectivity index (χ2n) is 3.71. The van der Waals surface area contributed by atoms with Gasteiger partial charge in [0.05, 0.1) is 12.9 Å². The smallest absolute Gasteiger partial charge is 0.119 e. The Bertz CT molecular complexity index is 516. The first-order valence-electron chi connectivity index (χ1n) is 5.16. The number of amidine groups is 1. The van der Waals surface area contributed by atoms with Gasteiger partial charge in [-0.1, -0.05) is 0 Å². The predicted molar refractivity (Wildman–Crippen MR) is 65.0 cm³/mol. The van der Waals surface area contributed by atoms with Crippen LogP contribution in [-0.2, 0) is 6.54 Å². The van der Waals surface area contributed by atoms with Crippen molar-refractivity contribution in [3.8, 4) is 5.75 Å². The number of hydrogen-bond donors (Lipinski definition) is 2. The Kier molecular flexibility index (Phi) is 2.81. The summed E-state index contributed by atoms with van der Waals surface area (Å²) in [5, 5.41) is 8.35. The molecular formula is C12H15N3O. The SMILES string of the molecule is COc1ccc2c(ccn2CCC(=N)N)c1. The minimum atomic E-state index is 0.218. The van der Waals surface area contributed by atoms with Gasteiger partial charge in [0.25, 0.3) is 0 Å². The van der Waals surface area contributed by atoms with Crippen molar-refractivity contribution in [1.82, 2.24) is 4.57 Å². The van der Waals surface area contributed by atoms with Crippen LogP contribution in [0, 0.1) is 5.41 Å². The van der Waals surface area contributed by atoms with Crippen molar-refractivity contribution in [1.29, 1.82) is 5.41 Å². The third kappa shape index (κ3) is 2.00. The summed E-state index contributed by atoms with van der Waals surface area (Å²) in [6, 6.07) is 8.00. The van der Waals surface area contributed by atoms with Crippen molar-refractivity contribution in [3.63, 3.8) is 0 Å². The van der Waals surface area contributed by atoms with Crippen molar-refractivity contribution in [2.24, 2.45) is 5.73 Å². The van der Waals surface area contributed by atoms with Crippen molar-refractivity contribution in [2.75, 3.05) is 7.11 Å². The molecule has 1 aromatic heterocycles. The van der Waals surface area contributed by atoms with E-state index in [2.05, 4.69) is 4.57 Å². The molecule has 4 heteroatoms. The van der Waals surface area contributed by atoms with Crippen LogP contribution in [0.15, 0.2) is 30.5 Å². The first-order valence-corrected chi connectivity index (χ1v) is 5.16. The standard InChI is InChI=1S/C12H15N3O/c1-16-10-2-3-11-9(8-10)4-6-15(11)7-5-12(13)14/h2-4,6,8H,5,7H2,1H3,(H3,13,14). The highest BCUT2D eigenvalue weighted by Gasteiger charge is 2.02. The summed E-state index contributed by atoms with van der Waals surface area (Å²) in [6.07, 6.45) is 2.59. The van der Waals surface area contributed by atoms with Crippen LogP contribution in [0.2, 0.25) is 0 Å². The highest BCUT2D eigenvalue weighted by Crippen LogP contribution is 2.21. The van der Waals surface area contributed by atoms with Crippen LogP contribution in [0.25, 0.3) is 10.9 Å². The fraction of sp³-hybridized carbons (Fsp3) is 0.250. The molecule has 0 radical (unpaired) electrons. The lowest BCUT2D eigenvalue weighted by Gasteiger charge is -2.05. The Labute approximate surface area is 94.1 Å². The topological polar surface area (TPSA) is 64.0 Å². The summed E-state index contributed by atoms with van der Waals surface area (Å²) in [4.78, 5) is 0. The van der Waals surface area contributed by atoms with Gasteiger partial charge < -0.3 is 15.0 Å². The number of aromatic nitrogens is 1. The number of fused-ring (bicyclic) bond motifs is 1. The zero-order chi connectivity index (χ0) is 11.5. The van der Waals surface area contributed by atoms with E-state index in [0.717, 1.165) is 23.2 Å². The molecular weight excluding hydrogens is 202 g/mol. The van der Waals surface area contributed by atoms with Crippen LogP contribution in [0.3, 0.4) is 0 Å². The highest BCUT2D eigenvalue weighted by atomic mass is 16.5. The summed E-state index contributed by atoms with van der Waals surface area (Å²) < 4.78 is 7.26. The summed E-state index contributed by atoms with van der Waals surface area (Å²) in [5.41, 5.74) is 6.49. The van der Waals surface area contributed by atoms with Crippen LogP contribution in [0.1, 0.15) is 6.42 Å². The molecule has 0 saturated heterocycles. The van der Waals surface area contributed by atoms with E-state index in [0.29, 0.717) is 6.42 Å². The predicted octanol–water partition coefficient (Wildman–Crippen LogP) is 1.98. The number of hydrogen-bond acceptors (Lipinski definition) is 2. The first kappa shape index (κ1) is 10.5. The van der Waals surface area contributed by atoms with Crippen LogP contribution >= 0.6 is 0 Å². The van der Waals surface area contributed by atoms with Gasteiger partial charge in [-0.25, -0.2) is 0 Å². The van der Waals surface area contributed by atoms with Crippen LogP contribution in [0.5, 0.6) is 5.75 Å². The molecule has 0 bridgehead atoms. The molecule has 0 fully saturated rings. The second kappa shape index (κ2) is 4.26. The number of ether oxygens (including phenoxy) is 1. The lowest BCUT2D eigenvalue weighted by Crippen LogP contribution is -2.12. The van der Waals surface area contributed by atoms with Crippen molar-refractivity contribution < 1.29 is 4.74 Å². The maximum atomic E-state index is 7.21. The minimum Gasteiger partial charge on any atom is -0.497 e. The number of nitrogens with zero attached hydrogens (tertiary/aromatic N) is 1. The zero-order valence-electron chi connectivity index (χ0n) is 9.23. The molecule has 0 unspecified atom stereocenters. The van der Waals surface area contributed by atoms with Crippen LogP contribution in [-0.4, -0.2) is 17.5 Å². The quantitative estimate of drug-likeness (QED) is 0.607. The van der Waals surface area contributed by atoms with E-state index in [1.165, 1.54) is 0 Å². The van der Waals surface area contributed by atoms with Gasteiger partial charge in [0.15, 0.2) is 0 Å². The van der Waals surface area contributed by atoms with E-state index in [1.54, 1.807) is 7.11 Å². The molecule has 0 amide bonds. The average Bonchev–Trinajstić information content (AvgIpc) is 2.68. The summed E-state index contributed by atoms with van der Waals surface area (Å²) in [6.45, 7) is 0.741. The maximum absolute atomic E-state index is 7.21. The number of nitrogens with two attached hydrogens (primary N) is 1. The monoisotopic (exact) mass is 217 g/mol. The van der Waals surface area contributed by atoms with E-state index in [9.17, 15) is 0 Å². The molecule has 2 rings (SSSR count). The fourth-order valence-electron chi connectivity index (χ4n) is 1.74. The molecule has 84 valence electrons. The van der Waals surface area contributed by atoms with Gasteiger partial charge in [-0.05, 0) is 24.3 Å². The largest absolute Gasteiger partial charge is 0.497 e. The van der Waals surface area contributed by atoms with E-state index in [1.807, 2.05) is 30.5 Å². The van der Waals surface area contributed by atoms with Crippen molar-refractivity contribution in [3.05, 3.63) is 30.5 Å². The van der Waals surface area contributed by atoms with Crippen LogP contribution in [0.4, 0.5) is 0 Å². The van der Waals surface area contributed by atoms with E-state index >= 15 is 0 Å². The van der Waals surface area contributed by atoms with Crippen molar-refractivity contribution in [2.45, 2.75) is 13.0 Å². The van der Waals surface area contributed by atoms with Gasteiger partial charge in [0.1, 0.15) is 5.75 Å². The van der Waals surface area contributed by atoms with Gasteiger partial charge in [-0.15, -0.1) is 0 Å². The molecule has 0 saturated carbocycles. The Morgan fingerprint density at radius 1 is 1.44 bits per heavy atom. The Hall–Kier alpha value is -1.97. The number of rotatable bonds is 4. The van der Waals surface area contributed by atoms with E-state index in [4.69, 9.17) is 15.9 Å². The summed E-state index contributed by atoms with van der Waals surface area (Å²) in [5.74, 6) is 1.08. The van der Waals surface area contributed by atoms with Crippen molar-refractivity contribution >= 4 is 16.7 Å². The van der Waals surface area contributed by atoms with Gasteiger partial charge >= 0.3 is 0 Å². The molecule has 2 aromatic rings. The first-order chi connectivity index (χ1) is 7.70. The molecule has 3 N–H and O–H groups in total. The molecule has 4 nitrogen and oxygen atoms in total. The maximum Gasteiger partial charge on any atom is 0.119 e. The fourth-order valence-corrected chi connectivity index (χ4v) is 1.74. The van der Waals surface area contributed by atoms with E-state index < -0.39 is 0 Å². The van der Waals surface area contributed by atoms with E-state index in [-0.39, 0.29) is 5.84 Å².